The number of rotatable bonds is 3. The number of nitrogens with one attached hydrogen (secondary N) is 2. The molecule has 168 valence electrons. The van der Waals surface area contributed by atoms with Gasteiger partial charge in [0, 0.05) is 9.90 Å². The van der Waals surface area contributed by atoms with Gasteiger partial charge in [0.1, 0.15) is 0 Å². The van der Waals surface area contributed by atoms with E-state index in [1.807, 2.05) is 0 Å². The number of aromatic nitrogens is 2. The van der Waals surface area contributed by atoms with Crippen molar-refractivity contribution in [2.45, 2.75) is 32.4 Å². The molecule has 0 spiro atoms. The molecule has 6 nitrogen and oxygen atoms in total. The minimum atomic E-state index is -4.88. The maximum atomic E-state index is 13.8. The van der Waals surface area contributed by atoms with Gasteiger partial charge in [-0.1, -0.05) is 24.6 Å². The van der Waals surface area contributed by atoms with Gasteiger partial charge >= 0.3 is 6.18 Å². The van der Waals surface area contributed by atoms with Crippen molar-refractivity contribution in [2.75, 3.05) is 0 Å². The number of alkyl halides is 3. The number of hydrazine groups is 1. The molecule has 0 fully saturated rings. The number of thiophene rings is 1. The number of fused-ring (bicyclic) bond motifs is 1. The lowest BCUT2D eigenvalue weighted by atomic mass is 9.90. The van der Waals surface area contributed by atoms with Crippen LogP contribution in [-0.4, -0.2) is 21.6 Å². The number of carbonyl (C=O) groups excluding carboxylic acids is 2. The summed E-state index contributed by atoms with van der Waals surface area (Å²) in [6.45, 7) is 2.14. The van der Waals surface area contributed by atoms with Gasteiger partial charge < -0.3 is 0 Å². The molecule has 0 saturated heterocycles. The minimum absolute atomic E-state index is 0.0475. The first-order valence-corrected chi connectivity index (χ1v) is 11.0. The summed E-state index contributed by atoms with van der Waals surface area (Å²) in [4.78, 5) is 26.5. The van der Waals surface area contributed by atoms with Crippen LogP contribution in [0.4, 0.5) is 13.2 Å². The molecule has 1 aromatic carbocycles. The molecule has 4 rings (SSSR count). The summed E-state index contributed by atoms with van der Waals surface area (Å²) in [7, 11) is 0. The van der Waals surface area contributed by atoms with Crippen molar-refractivity contribution in [1.29, 1.82) is 0 Å². The van der Waals surface area contributed by atoms with Crippen LogP contribution < -0.4 is 10.9 Å². The molecule has 2 heterocycles. The highest BCUT2D eigenvalue weighted by Gasteiger charge is 2.40. The molecule has 2 amide bonds. The van der Waals surface area contributed by atoms with E-state index in [9.17, 15) is 22.8 Å². The summed E-state index contributed by atoms with van der Waals surface area (Å²) in [5.41, 5.74) is 3.42. The number of halogens is 4. The Morgan fingerprint density at radius 2 is 1.97 bits per heavy atom. The third-order valence-corrected chi connectivity index (χ3v) is 6.65. The van der Waals surface area contributed by atoms with Gasteiger partial charge in [0.2, 0.25) is 0 Å². The van der Waals surface area contributed by atoms with Gasteiger partial charge in [-0.25, -0.2) is 4.68 Å². The second kappa shape index (κ2) is 8.59. The molecule has 1 aliphatic rings. The fourth-order valence-corrected chi connectivity index (χ4v) is 4.94. The quantitative estimate of drug-likeness (QED) is 0.526. The summed E-state index contributed by atoms with van der Waals surface area (Å²) in [5, 5.41) is 3.94. The van der Waals surface area contributed by atoms with Crippen molar-refractivity contribution in [1.82, 2.24) is 20.6 Å². The van der Waals surface area contributed by atoms with E-state index in [-0.39, 0.29) is 10.7 Å². The molecule has 2 aromatic heterocycles. The summed E-state index contributed by atoms with van der Waals surface area (Å²) in [6, 6.07) is 7.44. The van der Waals surface area contributed by atoms with E-state index in [1.165, 1.54) is 35.6 Å². The van der Waals surface area contributed by atoms with Crippen molar-refractivity contribution in [3.05, 3.63) is 68.1 Å². The molecule has 3 aromatic rings. The van der Waals surface area contributed by atoms with Gasteiger partial charge in [-0.15, -0.1) is 11.3 Å². The number of benzene rings is 1. The van der Waals surface area contributed by atoms with Crippen LogP contribution in [0.5, 0.6) is 0 Å². The highest BCUT2D eigenvalue weighted by Crippen LogP contribution is 2.34. The fraction of sp³-hybridized carbons (Fsp3) is 0.286. The normalized spacial score (nSPS) is 15.8. The first-order valence-electron chi connectivity index (χ1n) is 9.77. The first kappa shape index (κ1) is 22.3. The third-order valence-electron chi connectivity index (χ3n) is 5.18. The van der Waals surface area contributed by atoms with E-state index in [4.69, 9.17) is 11.6 Å². The Hall–Kier alpha value is -2.85. The van der Waals surface area contributed by atoms with Crippen LogP contribution in [-0.2, 0) is 19.0 Å². The van der Waals surface area contributed by atoms with Crippen LogP contribution in [0.1, 0.15) is 49.5 Å². The number of hydrogen-bond acceptors (Lipinski definition) is 4. The second-order valence-electron chi connectivity index (χ2n) is 7.61. The van der Waals surface area contributed by atoms with Gasteiger partial charge in [-0.3, -0.25) is 20.4 Å². The highest BCUT2D eigenvalue weighted by molar-refractivity contribution is 7.14. The topological polar surface area (TPSA) is 76.0 Å². The molecule has 2 N–H and O–H groups in total. The van der Waals surface area contributed by atoms with Crippen LogP contribution >= 0.6 is 22.9 Å². The minimum Gasteiger partial charge on any atom is -0.267 e. The van der Waals surface area contributed by atoms with E-state index < -0.39 is 29.2 Å². The summed E-state index contributed by atoms with van der Waals surface area (Å²) >= 11 is 7.20. The average molecular weight is 483 g/mol. The van der Waals surface area contributed by atoms with Crippen molar-refractivity contribution in [3.63, 3.8) is 0 Å². The van der Waals surface area contributed by atoms with Crippen molar-refractivity contribution < 1.29 is 22.8 Å². The largest absolute Gasteiger partial charge is 0.434 e. The summed E-state index contributed by atoms with van der Waals surface area (Å²) in [6.07, 6.45) is -1.26. The fourth-order valence-electron chi connectivity index (χ4n) is 3.65. The molecule has 0 saturated carbocycles. The van der Waals surface area contributed by atoms with Crippen LogP contribution in [0.2, 0.25) is 5.02 Å². The number of hydrogen-bond donors (Lipinski definition) is 2. The molecule has 1 unspecified atom stereocenters. The SMILES string of the molecule is CC1CCc2sc(C(=O)NNC(=O)c3cnn(-c4cccc(Cl)c4)c3C(F)(F)F)cc2C1. The number of nitrogens with zero attached hydrogens (tertiary/aromatic N) is 2. The van der Waals surface area contributed by atoms with Gasteiger partial charge in [-0.05, 0) is 55.0 Å². The van der Waals surface area contributed by atoms with E-state index in [2.05, 4.69) is 22.9 Å². The molecule has 32 heavy (non-hydrogen) atoms. The molecule has 0 radical (unpaired) electrons. The lowest BCUT2D eigenvalue weighted by Gasteiger charge is -2.16. The van der Waals surface area contributed by atoms with E-state index in [0.29, 0.717) is 15.5 Å². The van der Waals surface area contributed by atoms with Crippen molar-refractivity contribution in [2.24, 2.45) is 5.92 Å². The van der Waals surface area contributed by atoms with Crippen LogP contribution in [0.15, 0.2) is 36.5 Å². The smallest absolute Gasteiger partial charge is 0.267 e. The van der Waals surface area contributed by atoms with Gasteiger partial charge in [0.05, 0.1) is 22.3 Å². The van der Waals surface area contributed by atoms with Crippen molar-refractivity contribution >= 4 is 34.8 Å². The predicted molar refractivity (Wildman–Crippen MR) is 114 cm³/mol. The monoisotopic (exact) mass is 482 g/mol. The second-order valence-corrected chi connectivity index (χ2v) is 9.18. The maximum Gasteiger partial charge on any atom is 0.434 e. The summed E-state index contributed by atoms with van der Waals surface area (Å²) in [5.74, 6) is -1.18. The average Bonchev–Trinajstić information content (AvgIpc) is 3.36. The van der Waals surface area contributed by atoms with E-state index >= 15 is 0 Å². The molecule has 0 bridgehead atoms. The van der Waals surface area contributed by atoms with Gasteiger partial charge in [0.15, 0.2) is 5.69 Å². The molecule has 0 aliphatic heterocycles. The Morgan fingerprint density at radius 1 is 1.22 bits per heavy atom. The highest BCUT2D eigenvalue weighted by atomic mass is 35.5. The maximum absolute atomic E-state index is 13.8. The van der Waals surface area contributed by atoms with Crippen LogP contribution in [0.25, 0.3) is 5.69 Å². The Bertz CT molecular complexity index is 1190. The molecule has 1 aliphatic carbocycles. The van der Waals surface area contributed by atoms with Crippen LogP contribution in [0, 0.1) is 5.92 Å². The standard InChI is InChI=1S/C21H18ClF3N4O2S/c1-11-5-6-16-12(7-11)8-17(32-16)20(31)28-27-19(30)15-10-26-29(18(15)21(23,24)25)14-4-2-3-13(22)9-14/h2-4,8-11H,5-7H2,1H3,(H,27,30)(H,28,31). The van der Waals surface area contributed by atoms with Crippen molar-refractivity contribution in [3.8, 4) is 5.69 Å². The number of aryl methyl sites for hydroxylation is 1. The summed E-state index contributed by atoms with van der Waals surface area (Å²) < 4.78 is 41.9. The Balaban J connectivity index is 1.53. The Kier molecular flexibility index (Phi) is 6.00. The molecular formula is C21H18ClF3N4O2S. The Labute approximate surface area is 190 Å². The number of carbonyl (C=O) groups is 2. The third kappa shape index (κ3) is 4.51. The molecule has 11 heteroatoms. The zero-order valence-electron chi connectivity index (χ0n) is 16.8. The number of amides is 2. The van der Waals surface area contributed by atoms with Crippen LogP contribution in [0.3, 0.4) is 0 Å². The Morgan fingerprint density at radius 3 is 2.69 bits per heavy atom. The molecular weight excluding hydrogens is 465 g/mol. The van der Waals surface area contributed by atoms with Gasteiger partial charge in [-0.2, -0.15) is 18.3 Å². The predicted octanol–water partition coefficient (Wildman–Crippen LogP) is 4.81. The van der Waals surface area contributed by atoms with E-state index in [1.54, 1.807) is 6.07 Å². The first-order chi connectivity index (χ1) is 15.1. The zero-order chi connectivity index (χ0) is 23.0. The van der Waals surface area contributed by atoms with Gasteiger partial charge in [0.25, 0.3) is 11.8 Å². The zero-order valence-corrected chi connectivity index (χ0v) is 18.4. The molecule has 1 atom stereocenters. The lowest BCUT2D eigenvalue weighted by molar-refractivity contribution is -0.143. The lowest BCUT2D eigenvalue weighted by Crippen LogP contribution is -2.42. The van der Waals surface area contributed by atoms with E-state index in [0.717, 1.165) is 35.9 Å².